The van der Waals surface area contributed by atoms with Gasteiger partial charge in [-0.2, -0.15) is 0 Å². The quantitative estimate of drug-likeness (QED) is 0.816. The minimum Gasteiger partial charge on any atom is -0.394 e. The zero-order valence-electron chi connectivity index (χ0n) is 10.8. The van der Waals surface area contributed by atoms with Gasteiger partial charge in [-0.1, -0.05) is 25.1 Å². The Morgan fingerprint density at radius 1 is 1.35 bits per heavy atom. The topological polar surface area (TPSA) is 49.3 Å². The summed E-state index contributed by atoms with van der Waals surface area (Å²) in [5, 5.41) is 11.8. The Balaban J connectivity index is 2.58. The van der Waals surface area contributed by atoms with Crippen molar-refractivity contribution in [3.05, 3.63) is 34.9 Å². The molecule has 1 amide bonds. The maximum atomic E-state index is 11.7. The van der Waals surface area contributed by atoms with E-state index in [1.54, 1.807) is 0 Å². The zero-order valence-corrected chi connectivity index (χ0v) is 10.8. The first kappa shape index (κ1) is 13.7. The van der Waals surface area contributed by atoms with Gasteiger partial charge in [-0.05, 0) is 37.0 Å². The van der Waals surface area contributed by atoms with Gasteiger partial charge in [0.25, 0.3) is 0 Å². The fraction of sp³-hybridized carbons (Fsp3) is 0.500. The van der Waals surface area contributed by atoms with Crippen molar-refractivity contribution in [3.8, 4) is 0 Å². The van der Waals surface area contributed by atoms with Crippen molar-refractivity contribution in [2.45, 2.75) is 39.7 Å². The highest BCUT2D eigenvalue weighted by molar-refractivity contribution is 5.78. The number of aryl methyl sites for hydroxylation is 2. The SMILES string of the molecule is CCC(CO)NC(=O)Cc1ccc(C)c(C)c1. The molecule has 17 heavy (non-hydrogen) atoms. The molecular formula is C14H21NO2. The first-order valence-electron chi connectivity index (χ1n) is 6.03. The summed E-state index contributed by atoms with van der Waals surface area (Å²) >= 11 is 0. The molecule has 1 rings (SSSR count). The van der Waals surface area contributed by atoms with Crippen molar-refractivity contribution in [3.63, 3.8) is 0 Å². The first-order chi connectivity index (χ1) is 8.06. The summed E-state index contributed by atoms with van der Waals surface area (Å²) in [4.78, 5) is 11.7. The van der Waals surface area contributed by atoms with Crippen LogP contribution in [0, 0.1) is 13.8 Å². The van der Waals surface area contributed by atoms with Crippen LogP contribution in [0.15, 0.2) is 18.2 Å². The molecule has 0 aromatic heterocycles. The average Bonchev–Trinajstić information content (AvgIpc) is 2.31. The number of rotatable bonds is 5. The molecule has 1 aromatic rings. The molecule has 1 unspecified atom stereocenters. The lowest BCUT2D eigenvalue weighted by Crippen LogP contribution is -2.37. The van der Waals surface area contributed by atoms with Crippen molar-refractivity contribution in [2.24, 2.45) is 0 Å². The van der Waals surface area contributed by atoms with E-state index in [9.17, 15) is 4.79 Å². The Bertz CT molecular complexity index is 384. The third kappa shape index (κ3) is 4.19. The van der Waals surface area contributed by atoms with E-state index in [-0.39, 0.29) is 18.6 Å². The van der Waals surface area contributed by atoms with Crippen LogP contribution >= 0.6 is 0 Å². The van der Waals surface area contributed by atoms with Gasteiger partial charge < -0.3 is 10.4 Å². The summed E-state index contributed by atoms with van der Waals surface area (Å²) in [5.74, 6) is -0.0332. The average molecular weight is 235 g/mol. The lowest BCUT2D eigenvalue weighted by atomic mass is 10.0. The van der Waals surface area contributed by atoms with E-state index in [0.29, 0.717) is 6.42 Å². The monoisotopic (exact) mass is 235 g/mol. The molecule has 0 spiro atoms. The Morgan fingerprint density at radius 3 is 2.59 bits per heavy atom. The number of aliphatic hydroxyl groups excluding tert-OH is 1. The second kappa shape index (κ2) is 6.40. The molecule has 0 radical (unpaired) electrons. The van der Waals surface area contributed by atoms with E-state index in [1.807, 2.05) is 32.0 Å². The third-order valence-corrected chi connectivity index (χ3v) is 3.01. The molecule has 1 aromatic carbocycles. The Labute approximate surface area is 103 Å². The van der Waals surface area contributed by atoms with Crippen LogP contribution in [0.3, 0.4) is 0 Å². The number of nitrogens with one attached hydrogen (secondary N) is 1. The molecule has 0 fully saturated rings. The van der Waals surface area contributed by atoms with Gasteiger partial charge in [-0.15, -0.1) is 0 Å². The standard InChI is InChI=1S/C14H21NO2/c1-4-13(9-16)15-14(17)8-12-6-5-10(2)11(3)7-12/h5-7,13,16H,4,8-9H2,1-3H3,(H,15,17). The zero-order chi connectivity index (χ0) is 12.8. The van der Waals surface area contributed by atoms with Crippen molar-refractivity contribution < 1.29 is 9.90 Å². The number of carbonyl (C=O) groups is 1. The lowest BCUT2D eigenvalue weighted by Gasteiger charge is -2.14. The van der Waals surface area contributed by atoms with Gasteiger partial charge in [0.15, 0.2) is 0 Å². The molecule has 2 N–H and O–H groups in total. The number of amides is 1. The molecule has 3 heteroatoms. The molecule has 0 aliphatic carbocycles. The fourth-order valence-corrected chi connectivity index (χ4v) is 1.65. The van der Waals surface area contributed by atoms with Gasteiger partial charge in [-0.25, -0.2) is 0 Å². The number of hydrogen-bond acceptors (Lipinski definition) is 2. The third-order valence-electron chi connectivity index (χ3n) is 3.01. The van der Waals surface area contributed by atoms with E-state index in [0.717, 1.165) is 12.0 Å². The van der Waals surface area contributed by atoms with Gasteiger partial charge in [0.2, 0.25) is 5.91 Å². The van der Waals surface area contributed by atoms with Crippen LogP contribution < -0.4 is 5.32 Å². The summed E-state index contributed by atoms with van der Waals surface area (Å²) in [5.41, 5.74) is 3.44. The molecule has 0 heterocycles. The summed E-state index contributed by atoms with van der Waals surface area (Å²) in [6.07, 6.45) is 1.12. The minimum atomic E-state index is -0.131. The highest BCUT2D eigenvalue weighted by atomic mass is 16.3. The highest BCUT2D eigenvalue weighted by Gasteiger charge is 2.09. The van der Waals surface area contributed by atoms with Crippen LogP contribution in [-0.4, -0.2) is 23.7 Å². The molecular weight excluding hydrogens is 214 g/mol. The van der Waals surface area contributed by atoms with E-state index >= 15 is 0 Å². The summed E-state index contributed by atoms with van der Waals surface area (Å²) < 4.78 is 0. The lowest BCUT2D eigenvalue weighted by molar-refractivity contribution is -0.121. The fourth-order valence-electron chi connectivity index (χ4n) is 1.65. The van der Waals surface area contributed by atoms with E-state index < -0.39 is 0 Å². The smallest absolute Gasteiger partial charge is 0.224 e. The predicted molar refractivity (Wildman–Crippen MR) is 68.9 cm³/mol. The van der Waals surface area contributed by atoms with E-state index in [2.05, 4.69) is 12.2 Å². The van der Waals surface area contributed by atoms with Gasteiger partial charge in [0.1, 0.15) is 0 Å². The normalized spacial score (nSPS) is 12.2. The first-order valence-corrected chi connectivity index (χ1v) is 6.03. The number of aliphatic hydroxyl groups is 1. The van der Waals surface area contributed by atoms with Crippen LogP contribution in [0.1, 0.15) is 30.0 Å². The highest BCUT2D eigenvalue weighted by Crippen LogP contribution is 2.10. The number of carbonyl (C=O) groups excluding carboxylic acids is 1. The second-order valence-corrected chi connectivity index (χ2v) is 4.45. The molecule has 0 bridgehead atoms. The van der Waals surface area contributed by atoms with Crippen molar-refractivity contribution in [1.29, 1.82) is 0 Å². The Hall–Kier alpha value is -1.35. The Kier molecular flexibility index (Phi) is 5.16. The summed E-state index contributed by atoms with van der Waals surface area (Å²) in [6.45, 7) is 6.03. The Morgan fingerprint density at radius 2 is 2.06 bits per heavy atom. The van der Waals surface area contributed by atoms with Crippen LogP contribution in [0.4, 0.5) is 0 Å². The molecule has 0 aliphatic heterocycles. The number of benzene rings is 1. The number of hydrogen-bond donors (Lipinski definition) is 2. The van der Waals surface area contributed by atoms with Crippen LogP contribution in [0.25, 0.3) is 0 Å². The summed E-state index contributed by atoms with van der Waals surface area (Å²) in [6, 6.07) is 5.91. The molecule has 94 valence electrons. The second-order valence-electron chi connectivity index (χ2n) is 4.45. The van der Waals surface area contributed by atoms with E-state index in [1.165, 1.54) is 11.1 Å². The van der Waals surface area contributed by atoms with Gasteiger partial charge in [0, 0.05) is 0 Å². The molecule has 1 atom stereocenters. The maximum absolute atomic E-state index is 11.7. The minimum absolute atomic E-state index is 0.00480. The van der Waals surface area contributed by atoms with Crippen LogP contribution in [0.2, 0.25) is 0 Å². The van der Waals surface area contributed by atoms with Crippen molar-refractivity contribution in [1.82, 2.24) is 5.32 Å². The molecule has 0 saturated heterocycles. The van der Waals surface area contributed by atoms with E-state index in [4.69, 9.17) is 5.11 Å². The van der Waals surface area contributed by atoms with Crippen molar-refractivity contribution in [2.75, 3.05) is 6.61 Å². The molecule has 0 saturated carbocycles. The maximum Gasteiger partial charge on any atom is 0.224 e. The van der Waals surface area contributed by atoms with Crippen LogP contribution in [0.5, 0.6) is 0 Å². The largest absolute Gasteiger partial charge is 0.394 e. The molecule has 0 aliphatic rings. The summed E-state index contributed by atoms with van der Waals surface area (Å²) in [7, 11) is 0. The van der Waals surface area contributed by atoms with Crippen LogP contribution in [-0.2, 0) is 11.2 Å². The van der Waals surface area contributed by atoms with Crippen molar-refractivity contribution >= 4 is 5.91 Å². The van der Waals surface area contributed by atoms with Gasteiger partial charge >= 0.3 is 0 Å². The molecule has 3 nitrogen and oxygen atoms in total. The predicted octanol–water partition coefficient (Wildman–Crippen LogP) is 1.73. The van der Waals surface area contributed by atoms with Gasteiger partial charge in [0.05, 0.1) is 19.1 Å². The van der Waals surface area contributed by atoms with Gasteiger partial charge in [-0.3, -0.25) is 4.79 Å².